The maximum atomic E-state index is 12.2. The van der Waals surface area contributed by atoms with Crippen LogP contribution in [-0.2, 0) is 0 Å². The molecular weight excluding hydrogens is 316 g/mol. The Kier molecular flexibility index (Phi) is 5.44. The van der Waals surface area contributed by atoms with Crippen LogP contribution in [0.2, 0.25) is 5.02 Å². The van der Waals surface area contributed by atoms with Gasteiger partial charge in [0.25, 0.3) is 0 Å². The second-order valence-corrected chi connectivity index (χ2v) is 5.87. The van der Waals surface area contributed by atoms with E-state index < -0.39 is 6.03 Å². The standard InChI is InChI=1S/C15H21ClN6O/c1-10-9-11(16)5-6-12(10)21(2)15(23)20-13(17)19-14(18)22-7-3-4-8-22/h5-6,9H,3-4,7-8H2,1-2H3,(H4,17,18,19,20,23). The number of aryl methyl sites for hydroxylation is 1. The fourth-order valence-electron chi connectivity index (χ4n) is 2.44. The highest BCUT2D eigenvalue weighted by atomic mass is 35.5. The van der Waals surface area contributed by atoms with Crippen molar-refractivity contribution in [3.05, 3.63) is 28.8 Å². The molecule has 4 N–H and O–H groups in total. The van der Waals surface area contributed by atoms with Crippen molar-refractivity contribution in [3.8, 4) is 0 Å². The average Bonchev–Trinajstić information content (AvgIpc) is 3.00. The van der Waals surface area contributed by atoms with E-state index in [4.69, 9.17) is 22.7 Å². The maximum Gasteiger partial charge on any atom is 0.328 e. The minimum absolute atomic E-state index is 0.0747. The second-order valence-electron chi connectivity index (χ2n) is 5.43. The third kappa shape index (κ3) is 4.35. The van der Waals surface area contributed by atoms with Crippen LogP contribution in [0.25, 0.3) is 0 Å². The van der Waals surface area contributed by atoms with Crippen LogP contribution >= 0.6 is 11.6 Å². The largest absolute Gasteiger partial charge is 0.369 e. The van der Waals surface area contributed by atoms with Crippen molar-refractivity contribution in [3.63, 3.8) is 0 Å². The van der Waals surface area contributed by atoms with E-state index in [1.165, 1.54) is 4.90 Å². The number of aliphatic imine (C=N–C) groups is 1. The highest BCUT2D eigenvalue weighted by molar-refractivity contribution is 6.30. The van der Waals surface area contributed by atoms with Gasteiger partial charge in [-0.2, -0.15) is 4.99 Å². The van der Waals surface area contributed by atoms with Gasteiger partial charge < -0.3 is 10.6 Å². The summed E-state index contributed by atoms with van der Waals surface area (Å²) in [7, 11) is 1.63. The van der Waals surface area contributed by atoms with Crippen LogP contribution in [0.15, 0.2) is 23.2 Å². The zero-order valence-corrected chi connectivity index (χ0v) is 14.0. The van der Waals surface area contributed by atoms with Gasteiger partial charge in [0.1, 0.15) is 0 Å². The minimum atomic E-state index is -0.425. The Hall–Kier alpha value is -2.28. The molecule has 23 heavy (non-hydrogen) atoms. The van der Waals surface area contributed by atoms with Gasteiger partial charge in [-0.05, 0) is 43.5 Å². The molecule has 1 aromatic rings. The number of hydrogen-bond acceptors (Lipinski definition) is 2. The topological polar surface area (TPSA) is 97.8 Å². The van der Waals surface area contributed by atoms with Crippen molar-refractivity contribution >= 4 is 35.2 Å². The molecule has 1 heterocycles. The molecule has 0 unspecified atom stereocenters. The molecule has 1 aliphatic rings. The van der Waals surface area contributed by atoms with Crippen LogP contribution in [-0.4, -0.2) is 43.0 Å². The monoisotopic (exact) mass is 336 g/mol. The van der Waals surface area contributed by atoms with Crippen LogP contribution in [0.5, 0.6) is 0 Å². The number of nitrogens with two attached hydrogens (primary N) is 1. The predicted molar refractivity (Wildman–Crippen MR) is 93.3 cm³/mol. The molecule has 0 saturated carbocycles. The number of carbonyl (C=O) groups excluding carboxylic acids is 1. The van der Waals surface area contributed by atoms with E-state index in [9.17, 15) is 4.79 Å². The lowest BCUT2D eigenvalue weighted by Crippen LogP contribution is -2.45. The van der Waals surface area contributed by atoms with Crippen molar-refractivity contribution < 1.29 is 4.79 Å². The number of hydrogen-bond donors (Lipinski definition) is 3. The van der Waals surface area contributed by atoms with Crippen LogP contribution < -0.4 is 16.0 Å². The first kappa shape index (κ1) is 17.1. The number of rotatable bonds is 1. The summed E-state index contributed by atoms with van der Waals surface area (Å²) < 4.78 is 0. The van der Waals surface area contributed by atoms with Gasteiger partial charge in [-0.1, -0.05) is 11.6 Å². The lowest BCUT2D eigenvalue weighted by Gasteiger charge is -2.20. The Morgan fingerprint density at radius 1 is 1.43 bits per heavy atom. The van der Waals surface area contributed by atoms with Gasteiger partial charge in [0.15, 0.2) is 0 Å². The lowest BCUT2D eigenvalue weighted by atomic mass is 10.2. The molecule has 0 spiro atoms. The summed E-state index contributed by atoms with van der Waals surface area (Å²) in [6, 6.07) is 4.83. The Labute approximate surface area is 140 Å². The predicted octanol–water partition coefficient (Wildman–Crippen LogP) is 2.14. The van der Waals surface area contributed by atoms with E-state index in [1.807, 2.05) is 11.8 Å². The molecular formula is C15H21ClN6O. The Morgan fingerprint density at radius 3 is 2.70 bits per heavy atom. The first-order valence-corrected chi connectivity index (χ1v) is 7.75. The summed E-state index contributed by atoms with van der Waals surface area (Å²) in [5.74, 6) is -0.0176. The molecule has 0 aliphatic carbocycles. The Balaban J connectivity index is 2.01. The van der Waals surface area contributed by atoms with Gasteiger partial charge in [-0.15, -0.1) is 0 Å². The molecule has 8 heteroatoms. The number of amides is 2. The summed E-state index contributed by atoms with van der Waals surface area (Å²) in [6.45, 7) is 3.46. The normalized spacial score (nSPS) is 14.7. The summed E-state index contributed by atoms with van der Waals surface area (Å²) in [5.41, 5.74) is 7.31. The van der Waals surface area contributed by atoms with Gasteiger partial charge in [0.05, 0.1) is 0 Å². The molecule has 1 saturated heterocycles. The number of anilines is 1. The van der Waals surface area contributed by atoms with Crippen molar-refractivity contribution in [1.29, 1.82) is 5.41 Å². The number of guanidine groups is 2. The second kappa shape index (κ2) is 7.32. The average molecular weight is 337 g/mol. The number of benzene rings is 1. The summed E-state index contributed by atoms with van der Waals surface area (Å²) in [4.78, 5) is 19.4. The van der Waals surface area contributed by atoms with Crippen LogP contribution in [0.3, 0.4) is 0 Å². The Bertz CT molecular complexity index is 639. The SMILES string of the molecule is Cc1cc(Cl)ccc1N(C)C(=O)N/C(N)=N/C(=N)N1CCCC1. The third-order valence-electron chi connectivity index (χ3n) is 3.69. The Morgan fingerprint density at radius 2 is 2.09 bits per heavy atom. The smallest absolute Gasteiger partial charge is 0.328 e. The van der Waals surface area contributed by atoms with E-state index in [0.29, 0.717) is 10.7 Å². The maximum absolute atomic E-state index is 12.2. The number of halogens is 1. The molecule has 1 aromatic carbocycles. The fraction of sp³-hybridized carbons (Fsp3) is 0.400. The number of carbonyl (C=O) groups is 1. The van der Waals surface area contributed by atoms with E-state index in [0.717, 1.165) is 31.5 Å². The summed E-state index contributed by atoms with van der Waals surface area (Å²) >= 11 is 5.92. The number of likely N-dealkylation sites (tertiary alicyclic amines) is 1. The number of urea groups is 1. The highest BCUT2D eigenvalue weighted by Crippen LogP contribution is 2.22. The van der Waals surface area contributed by atoms with Gasteiger partial charge in [0.2, 0.25) is 11.9 Å². The van der Waals surface area contributed by atoms with Gasteiger partial charge >= 0.3 is 6.03 Å². The van der Waals surface area contributed by atoms with Crippen molar-refractivity contribution in [2.75, 3.05) is 25.0 Å². The van der Waals surface area contributed by atoms with Gasteiger partial charge in [0, 0.05) is 30.8 Å². The van der Waals surface area contributed by atoms with Crippen molar-refractivity contribution in [2.24, 2.45) is 10.7 Å². The molecule has 0 radical (unpaired) electrons. The molecule has 1 fully saturated rings. The summed E-state index contributed by atoms with van der Waals surface area (Å²) in [6.07, 6.45) is 2.09. The molecule has 0 aromatic heterocycles. The zero-order chi connectivity index (χ0) is 17.0. The zero-order valence-electron chi connectivity index (χ0n) is 13.3. The molecule has 7 nitrogen and oxygen atoms in total. The lowest BCUT2D eigenvalue weighted by molar-refractivity contribution is 0.251. The fourth-order valence-corrected chi connectivity index (χ4v) is 2.67. The minimum Gasteiger partial charge on any atom is -0.369 e. The van der Waals surface area contributed by atoms with E-state index in [2.05, 4.69) is 10.3 Å². The quantitative estimate of drug-likeness (QED) is 0.541. The molecule has 0 bridgehead atoms. The molecule has 2 rings (SSSR count). The molecule has 124 valence electrons. The molecule has 0 atom stereocenters. The van der Waals surface area contributed by atoms with Crippen LogP contribution in [0.4, 0.5) is 10.5 Å². The highest BCUT2D eigenvalue weighted by Gasteiger charge is 2.17. The van der Waals surface area contributed by atoms with Crippen LogP contribution in [0.1, 0.15) is 18.4 Å². The molecule has 2 amide bonds. The van der Waals surface area contributed by atoms with Crippen molar-refractivity contribution in [1.82, 2.24) is 10.2 Å². The van der Waals surface area contributed by atoms with Crippen molar-refractivity contribution in [2.45, 2.75) is 19.8 Å². The van der Waals surface area contributed by atoms with E-state index in [-0.39, 0.29) is 11.9 Å². The molecule has 1 aliphatic heterocycles. The summed E-state index contributed by atoms with van der Waals surface area (Å²) in [5, 5.41) is 11.0. The number of nitrogens with zero attached hydrogens (tertiary/aromatic N) is 3. The third-order valence-corrected chi connectivity index (χ3v) is 3.93. The first-order valence-electron chi connectivity index (χ1n) is 7.37. The van der Waals surface area contributed by atoms with E-state index in [1.54, 1.807) is 25.2 Å². The van der Waals surface area contributed by atoms with Crippen LogP contribution in [0, 0.1) is 12.3 Å². The number of nitrogens with one attached hydrogen (secondary N) is 2. The van der Waals surface area contributed by atoms with Gasteiger partial charge in [-0.3, -0.25) is 15.6 Å². The van der Waals surface area contributed by atoms with E-state index >= 15 is 0 Å². The first-order chi connectivity index (χ1) is 10.9. The van der Waals surface area contributed by atoms with Gasteiger partial charge in [-0.25, -0.2) is 4.79 Å².